The summed E-state index contributed by atoms with van der Waals surface area (Å²) in [6.07, 6.45) is 5.12. The molecular weight excluding hydrogens is 534 g/mol. The molecule has 0 aliphatic carbocycles. The molecule has 4 aromatic rings. The van der Waals surface area contributed by atoms with Gasteiger partial charge in [0.05, 0.1) is 42.7 Å². The number of imidazole rings is 1. The molecule has 220 valence electrons. The number of fused-ring (bicyclic) bond motifs is 1. The van der Waals surface area contributed by atoms with Crippen LogP contribution in [0, 0.1) is 0 Å². The highest BCUT2D eigenvalue weighted by atomic mass is 16.7. The first-order chi connectivity index (χ1) is 20.5. The summed E-state index contributed by atoms with van der Waals surface area (Å²) in [7, 11) is 0. The lowest BCUT2D eigenvalue weighted by Crippen LogP contribution is -2.32. The zero-order valence-electron chi connectivity index (χ0n) is 23.5. The maximum atomic E-state index is 12.4. The van der Waals surface area contributed by atoms with Crippen molar-refractivity contribution in [3.63, 3.8) is 0 Å². The summed E-state index contributed by atoms with van der Waals surface area (Å²) in [5, 5.41) is 21.1. The van der Waals surface area contributed by atoms with Crippen LogP contribution >= 0.6 is 0 Å². The van der Waals surface area contributed by atoms with Gasteiger partial charge in [-0.15, -0.1) is 0 Å². The number of nitrogens with one attached hydrogen (secondary N) is 1. The molecule has 9 heteroatoms. The van der Waals surface area contributed by atoms with Gasteiger partial charge in [-0.2, -0.15) is 0 Å². The third-order valence-corrected chi connectivity index (χ3v) is 7.55. The average molecular weight is 572 g/mol. The number of nitrogens with zero attached hydrogens (tertiary/aromatic N) is 2. The van der Waals surface area contributed by atoms with Crippen molar-refractivity contribution in [1.29, 1.82) is 0 Å². The van der Waals surface area contributed by atoms with E-state index in [1.165, 1.54) is 0 Å². The van der Waals surface area contributed by atoms with Crippen LogP contribution in [0.4, 0.5) is 5.69 Å². The number of para-hydroxylation sites is 2. The van der Waals surface area contributed by atoms with Crippen LogP contribution in [0.3, 0.4) is 0 Å². The zero-order valence-corrected chi connectivity index (χ0v) is 23.5. The number of amides is 1. The van der Waals surface area contributed by atoms with Crippen molar-refractivity contribution < 1.29 is 29.3 Å². The first kappa shape index (κ1) is 29.4. The Balaban J connectivity index is 1.24. The van der Waals surface area contributed by atoms with E-state index >= 15 is 0 Å². The number of ether oxygens (including phenoxy) is 2. The van der Waals surface area contributed by atoms with Crippen molar-refractivity contribution >= 4 is 28.6 Å². The fourth-order valence-electron chi connectivity index (χ4n) is 5.27. The van der Waals surface area contributed by atoms with E-state index in [0.717, 1.165) is 47.0 Å². The molecule has 9 nitrogen and oxygen atoms in total. The molecule has 42 heavy (non-hydrogen) atoms. The van der Waals surface area contributed by atoms with Crippen molar-refractivity contribution in [2.75, 3.05) is 5.32 Å². The van der Waals surface area contributed by atoms with Gasteiger partial charge in [0.2, 0.25) is 5.91 Å². The highest BCUT2D eigenvalue weighted by Crippen LogP contribution is 2.39. The molecule has 1 aliphatic rings. The van der Waals surface area contributed by atoms with E-state index in [1.54, 1.807) is 0 Å². The smallest absolute Gasteiger partial charge is 0.303 e. The lowest BCUT2D eigenvalue weighted by molar-refractivity contribution is -0.252. The van der Waals surface area contributed by atoms with Gasteiger partial charge < -0.3 is 29.6 Å². The Kier molecular flexibility index (Phi) is 9.97. The number of hydrogen-bond acceptors (Lipinski definition) is 6. The molecule has 0 unspecified atom stereocenters. The van der Waals surface area contributed by atoms with E-state index in [2.05, 4.69) is 20.9 Å². The second-order valence-corrected chi connectivity index (χ2v) is 10.7. The number of aromatic nitrogens is 2. The highest BCUT2D eigenvalue weighted by molar-refractivity contribution is 5.90. The van der Waals surface area contributed by atoms with Crippen molar-refractivity contribution in [3.05, 3.63) is 95.8 Å². The molecule has 0 spiro atoms. The van der Waals surface area contributed by atoms with Gasteiger partial charge in [-0.05, 0) is 48.2 Å². The first-order valence-electron chi connectivity index (χ1n) is 14.5. The summed E-state index contributed by atoms with van der Waals surface area (Å²) < 4.78 is 15.0. The Morgan fingerprint density at radius 2 is 1.60 bits per heavy atom. The normalized spacial score (nSPS) is 18.6. The van der Waals surface area contributed by atoms with Gasteiger partial charge in [0.1, 0.15) is 0 Å². The molecule has 1 saturated heterocycles. The van der Waals surface area contributed by atoms with E-state index in [1.807, 2.05) is 73.1 Å². The van der Waals surface area contributed by atoms with Crippen LogP contribution in [-0.4, -0.2) is 37.7 Å². The molecule has 1 aromatic heterocycles. The number of rotatable bonds is 13. The van der Waals surface area contributed by atoms with Gasteiger partial charge in [0.25, 0.3) is 0 Å². The molecule has 0 saturated carbocycles. The standard InChI is InChI=1S/C33H37N3O6/c37-21-23-11-13-24(14-12-23)30-19-27(20-36-22-34-28-7-5-6-8-29(28)36)41-33(42-30)25-15-17-26(18-16-25)35-31(38)9-3-1-2-4-10-32(39)40/h5-8,11-18,22,27,30,33,37H,1-4,9-10,19-21H2,(H,35,38)(H,39,40)/t27-,30+,33+/m1/s1. The molecule has 1 aliphatic heterocycles. The summed E-state index contributed by atoms with van der Waals surface area (Å²) in [4.78, 5) is 27.5. The van der Waals surface area contributed by atoms with Gasteiger partial charge in [0.15, 0.2) is 6.29 Å². The minimum atomic E-state index is -0.783. The zero-order chi connectivity index (χ0) is 29.3. The molecule has 1 amide bonds. The molecule has 0 bridgehead atoms. The van der Waals surface area contributed by atoms with Crippen molar-refractivity contribution in [2.24, 2.45) is 0 Å². The summed E-state index contributed by atoms with van der Waals surface area (Å²) in [5.41, 5.74) is 5.40. The van der Waals surface area contributed by atoms with E-state index in [-0.39, 0.29) is 31.1 Å². The van der Waals surface area contributed by atoms with Crippen LogP contribution in [0.5, 0.6) is 0 Å². The van der Waals surface area contributed by atoms with Crippen LogP contribution in [0.25, 0.3) is 11.0 Å². The predicted molar refractivity (Wildman–Crippen MR) is 159 cm³/mol. The minimum absolute atomic E-state index is 0.0104. The number of unbranched alkanes of at least 4 members (excludes halogenated alkanes) is 3. The Bertz CT molecular complexity index is 1470. The number of carbonyl (C=O) groups excluding carboxylic acids is 1. The first-order valence-corrected chi connectivity index (χ1v) is 14.5. The number of carboxylic acids is 1. The van der Waals surface area contributed by atoms with E-state index < -0.39 is 12.3 Å². The third-order valence-electron chi connectivity index (χ3n) is 7.55. The molecule has 1 fully saturated rings. The van der Waals surface area contributed by atoms with Crippen LogP contribution < -0.4 is 5.32 Å². The van der Waals surface area contributed by atoms with Crippen molar-refractivity contribution in [3.8, 4) is 0 Å². The molecule has 5 rings (SSSR count). The fourth-order valence-corrected chi connectivity index (χ4v) is 5.27. The van der Waals surface area contributed by atoms with Crippen molar-refractivity contribution in [2.45, 2.75) is 76.6 Å². The second kappa shape index (κ2) is 14.2. The Morgan fingerprint density at radius 3 is 2.33 bits per heavy atom. The number of hydrogen-bond donors (Lipinski definition) is 3. The molecule has 3 atom stereocenters. The number of anilines is 1. The van der Waals surface area contributed by atoms with Gasteiger partial charge in [-0.25, -0.2) is 4.98 Å². The maximum absolute atomic E-state index is 12.4. The lowest BCUT2D eigenvalue weighted by atomic mass is 10.00. The molecule has 0 radical (unpaired) electrons. The summed E-state index contributed by atoms with van der Waals surface area (Å²) in [5.74, 6) is -0.847. The van der Waals surface area contributed by atoms with Crippen LogP contribution in [0.2, 0.25) is 0 Å². The van der Waals surface area contributed by atoms with Crippen LogP contribution in [0.15, 0.2) is 79.1 Å². The predicted octanol–water partition coefficient (Wildman–Crippen LogP) is 6.14. The average Bonchev–Trinajstić information content (AvgIpc) is 3.41. The SMILES string of the molecule is O=C(O)CCCCCCC(=O)Nc1ccc([C@H]2O[C@@H](Cn3cnc4ccccc43)C[C@@H](c3ccc(CO)cc3)O2)cc1. The number of aliphatic hydroxyl groups excluding tert-OH is 1. The van der Waals surface area contributed by atoms with E-state index in [0.29, 0.717) is 31.5 Å². The lowest BCUT2D eigenvalue weighted by Gasteiger charge is -2.36. The van der Waals surface area contributed by atoms with E-state index in [9.17, 15) is 14.7 Å². The third kappa shape index (κ3) is 7.82. The highest BCUT2D eigenvalue weighted by Gasteiger charge is 2.32. The fraction of sp³-hybridized carbons (Fsp3) is 0.364. The number of aliphatic hydroxyl groups is 1. The number of carboxylic acid groups (broad SMARTS) is 1. The molecule has 3 N–H and O–H groups in total. The number of carbonyl (C=O) groups is 2. The maximum Gasteiger partial charge on any atom is 0.303 e. The van der Waals surface area contributed by atoms with Crippen LogP contribution in [0.1, 0.15) is 74.0 Å². The largest absolute Gasteiger partial charge is 0.481 e. The second-order valence-electron chi connectivity index (χ2n) is 10.7. The topological polar surface area (TPSA) is 123 Å². The summed E-state index contributed by atoms with van der Waals surface area (Å²) in [6.45, 7) is 0.611. The van der Waals surface area contributed by atoms with Gasteiger partial charge >= 0.3 is 5.97 Å². The summed E-state index contributed by atoms with van der Waals surface area (Å²) >= 11 is 0. The molecule has 2 heterocycles. The summed E-state index contributed by atoms with van der Waals surface area (Å²) in [6, 6.07) is 23.4. The Morgan fingerprint density at radius 1 is 0.881 bits per heavy atom. The number of aliphatic carboxylic acids is 1. The van der Waals surface area contributed by atoms with Gasteiger partial charge in [-0.3, -0.25) is 9.59 Å². The quantitative estimate of drug-likeness (QED) is 0.165. The van der Waals surface area contributed by atoms with Gasteiger partial charge in [0, 0.05) is 30.5 Å². The van der Waals surface area contributed by atoms with Gasteiger partial charge in [-0.1, -0.05) is 61.4 Å². The molecule has 3 aromatic carbocycles. The number of benzene rings is 3. The monoisotopic (exact) mass is 571 g/mol. The Labute approximate surface area is 245 Å². The van der Waals surface area contributed by atoms with Crippen molar-refractivity contribution in [1.82, 2.24) is 9.55 Å². The minimum Gasteiger partial charge on any atom is -0.481 e. The van der Waals surface area contributed by atoms with Crippen LogP contribution in [-0.2, 0) is 32.2 Å². The Hall–Kier alpha value is -4.05. The van der Waals surface area contributed by atoms with E-state index in [4.69, 9.17) is 14.6 Å². The molecular formula is C33H37N3O6.